The molecule has 0 spiro atoms. The van der Waals surface area contributed by atoms with Crippen molar-refractivity contribution in [1.82, 2.24) is 0 Å². The third-order valence-electron chi connectivity index (χ3n) is 2.44. The van der Waals surface area contributed by atoms with Crippen LogP contribution in [0.4, 0.5) is 0 Å². The van der Waals surface area contributed by atoms with E-state index in [1.807, 2.05) is 6.92 Å². The van der Waals surface area contributed by atoms with E-state index in [1.165, 1.54) is 19.1 Å². The van der Waals surface area contributed by atoms with Crippen LogP contribution in [0.5, 0.6) is 0 Å². The van der Waals surface area contributed by atoms with E-state index in [9.17, 15) is 4.79 Å². The first-order chi connectivity index (χ1) is 6.13. The molecule has 0 aromatic heterocycles. The standard InChI is InChI=1S/C11H20O2/c1-5-7-8-9(3)10(4)11(12)13-6-2/h6,9-10H,2,5,7-8H2,1,3-4H3. The molecule has 0 radical (unpaired) electrons. The summed E-state index contributed by atoms with van der Waals surface area (Å²) in [6.45, 7) is 9.51. The van der Waals surface area contributed by atoms with Gasteiger partial charge in [0.25, 0.3) is 0 Å². The van der Waals surface area contributed by atoms with Crippen molar-refractivity contribution in [1.29, 1.82) is 0 Å². The largest absolute Gasteiger partial charge is 0.435 e. The smallest absolute Gasteiger partial charge is 0.313 e. The van der Waals surface area contributed by atoms with Gasteiger partial charge >= 0.3 is 5.97 Å². The van der Waals surface area contributed by atoms with Gasteiger partial charge in [0.1, 0.15) is 0 Å². The van der Waals surface area contributed by atoms with Crippen LogP contribution in [0.25, 0.3) is 0 Å². The van der Waals surface area contributed by atoms with E-state index < -0.39 is 0 Å². The Bertz CT molecular complexity index is 163. The van der Waals surface area contributed by atoms with Gasteiger partial charge in [-0.05, 0) is 12.3 Å². The Hall–Kier alpha value is -0.790. The number of esters is 1. The van der Waals surface area contributed by atoms with Gasteiger partial charge in [-0.15, -0.1) is 0 Å². The van der Waals surface area contributed by atoms with Gasteiger partial charge in [0.15, 0.2) is 0 Å². The van der Waals surface area contributed by atoms with Crippen LogP contribution in [-0.2, 0) is 9.53 Å². The molecule has 0 saturated heterocycles. The molecule has 0 aliphatic carbocycles. The number of rotatable bonds is 6. The molecule has 0 aromatic carbocycles. The molecule has 0 N–H and O–H groups in total. The maximum Gasteiger partial charge on any atom is 0.313 e. The number of hydrogen-bond acceptors (Lipinski definition) is 2. The van der Waals surface area contributed by atoms with Gasteiger partial charge in [0.05, 0.1) is 12.2 Å². The molecule has 2 unspecified atom stereocenters. The van der Waals surface area contributed by atoms with Crippen molar-refractivity contribution in [2.45, 2.75) is 40.0 Å². The summed E-state index contributed by atoms with van der Waals surface area (Å²) in [4.78, 5) is 11.3. The number of ether oxygens (including phenoxy) is 1. The van der Waals surface area contributed by atoms with Gasteiger partial charge in [0, 0.05) is 0 Å². The fraction of sp³-hybridized carbons (Fsp3) is 0.727. The summed E-state index contributed by atoms with van der Waals surface area (Å²) in [5.74, 6) is 0.204. The first-order valence-electron chi connectivity index (χ1n) is 4.94. The van der Waals surface area contributed by atoms with Crippen LogP contribution in [0.15, 0.2) is 12.8 Å². The minimum absolute atomic E-state index is 0.0236. The predicted molar refractivity (Wildman–Crippen MR) is 54.1 cm³/mol. The summed E-state index contributed by atoms with van der Waals surface area (Å²) in [5, 5.41) is 0. The Morgan fingerprint density at radius 1 is 1.54 bits per heavy atom. The van der Waals surface area contributed by atoms with Gasteiger partial charge in [-0.2, -0.15) is 0 Å². The Morgan fingerprint density at radius 2 is 2.15 bits per heavy atom. The Kier molecular flexibility index (Phi) is 6.29. The zero-order chi connectivity index (χ0) is 10.3. The molecule has 13 heavy (non-hydrogen) atoms. The minimum atomic E-state index is -0.168. The molecule has 0 amide bonds. The van der Waals surface area contributed by atoms with Crippen LogP contribution in [0.3, 0.4) is 0 Å². The molecule has 0 saturated carbocycles. The summed E-state index contributed by atoms with van der Waals surface area (Å²) < 4.78 is 4.73. The van der Waals surface area contributed by atoms with E-state index in [2.05, 4.69) is 20.4 Å². The van der Waals surface area contributed by atoms with Gasteiger partial charge in [-0.3, -0.25) is 4.79 Å². The van der Waals surface area contributed by atoms with E-state index in [0.717, 1.165) is 6.42 Å². The van der Waals surface area contributed by atoms with E-state index in [-0.39, 0.29) is 11.9 Å². The molecule has 0 fully saturated rings. The van der Waals surface area contributed by atoms with Gasteiger partial charge in [0.2, 0.25) is 0 Å². The van der Waals surface area contributed by atoms with Crippen LogP contribution < -0.4 is 0 Å². The molecule has 76 valence electrons. The summed E-state index contributed by atoms with van der Waals surface area (Å²) >= 11 is 0. The second-order valence-corrected chi connectivity index (χ2v) is 3.51. The highest BCUT2D eigenvalue weighted by atomic mass is 16.5. The number of unbranched alkanes of at least 4 members (excludes halogenated alkanes) is 1. The van der Waals surface area contributed by atoms with Crippen molar-refractivity contribution in [3.63, 3.8) is 0 Å². The molecular formula is C11H20O2. The maximum absolute atomic E-state index is 11.3. The van der Waals surface area contributed by atoms with Crippen LogP contribution in [0, 0.1) is 11.8 Å². The normalized spacial score (nSPS) is 14.7. The highest BCUT2D eigenvalue weighted by molar-refractivity contribution is 5.72. The summed E-state index contributed by atoms with van der Waals surface area (Å²) in [6.07, 6.45) is 4.63. The summed E-state index contributed by atoms with van der Waals surface area (Å²) in [5.41, 5.74) is 0. The van der Waals surface area contributed by atoms with Crippen molar-refractivity contribution < 1.29 is 9.53 Å². The summed E-state index contributed by atoms with van der Waals surface area (Å²) in [6, 6.07) is 0. The lowest BCUT2D eigenvalue weighted by molar-refractivity contribution is -0.143. The molecule has 2 atom stereocenters. The van der Waals surface area contributed by atoms with Gasteiger partial charge in [-0.25, -0.2) is 0 Å². The van der Waals surface area contributed by atoms with E-state index >= 15 is 0 Å². The SMILES string of the molecule is C=COC(=O)C(C)C(C)CCCC. The molecule has 0 heterocycles. The molecular weight excluding hydrogens is 164 g/mol. The third-order valence-corrected chi connectivity index (χ3v) is 2.44. The monoisotopic (exact) mass is 184 g/mol. The van der Waals surface area contributed by atoms with Gasteiger partial charge in [-0.1, -0.05) is 40.2 Å². The predicted octanol–water partition coefficient (Wildman–Crippen LogP) is 3.14. The van der Waals surface area contributed by atoms with Crippen LogP contribution in [0.2, 0.25) is 0 Å². The Morgan fingerprint density at radius 3 is 2.62 bits per heavy atom. The molecule has 2 nitrogen and oxygen atoms in total. The average Bonchev–Trinajstić information content (AvgIpc) is 2.13. The molecule has 2 heteroatoms. The van der Waals surface area contributed by atoms with E-state index in [1.54, 1.807) is 0 Å². The minimum Gasteiger partial charge on any atom is -0.435 e. The highest BCUT2D eigenvalue weighted by Crippen LogP contribution is 2.18. The maximum atomic E-state index is 11.3. The van der Waals surface area contributed by atoms with Crippen molar-refractivity contribution in [3.8, 4) is 0 Å². The first kappa shape index (κ1) is 12.2. The highest BCUT2D eigenvalue weighted by Gasteiger charge is 2.20. The van der Waals surface area contributed by atoms with E-state index in [0.29, 0.717) is 5.92 Å². The van der Waals surface area contributed by atoms with Gasteiger partial charge < -0.3 is 4.74 Å². The lowest BCUT2D eigenvalue weighted by Crippen LogP contribution is -2.19. The second-order valence-electron chi connectivity index (χ2n) is 3.51. The molecule has 0 aliphatic rings. The number of carbonyl (C=O) groups excluding carboxylic acids is 1. The molecule has 0 rings (SSSR count). The fourth-order valence-electron chi connectivity index (χ4n) is 1.20. The third kappa shape index (κ3) is 4.71. The zero-order valence-corrected chi connectivity index (χ0v) is 8.88. The van der Waals surface area contributed by atoms with Crippen molar-refractivity contribution in [2.75, 3.05) is 0 Å². The number of carbonyl (C=O) groups is 1. The Labute approximate surface area is 81.0 Å². The van der Waals surface area contributed by atoms with Crippen molar-refractivity contribution in [2.24, 2.45) is 11.8 Å². The van der Waals surface area contributed by atoms with Crippen molar-refractivity contribution in [3.05, 3.63) is 12.8 Å². The zero-order valence-electron chi connectivity index (χ0n) is 8.88. The topological polar surface area (TPSA) is 26.3 Å². The van der Waals surface area contributed by atoms with Crippen LogP contribution in [-0.4, -0.2) is 5.97 Å². The fourth-order valence-corrected chi connectivity index (χ4v) is 1.20. The second kappa shape index (κ2) is 6.70. The van der Waals surface area contributed by atoms with Crippen LogP contribution >= 0.6 is 0 Å². The Balaban J connectivity index is 3.85. The van der Waals surface area contributed by atoms with E-state index in [4.69, 9.17) is 4.74 Å². The molecule has 0 aromatic rings. The lowest BCUT2D eigenvalue weighted by atomic mass is 9.91. The van der Waals surface area contributed by atoms with Crippen LogP contribution in [0.1, 0.15) is 40.0 Å². The van der Waals surface area contributed by atoms with Crippen molar-refractivity contribution >= 4 is 5.97 Å². The number of hydrogen-bond donors (Lipinski definition) is 0. The molecule has 0 bridgehead atoms. The average molecular weight is 184 g/mol. The first-order valence-corrected chi connectivity index (χ1v) is 4.94. The molecule has 0 aliphatic heterocycles. The summed E-state index contributed by atoms with van der Waals surface area (Å²) in [7, 11) is 0. The lowest BCUT2D eigenvalue weighted by Gasteiger charge is -2.16. The quantitative estimate of drug-likeness (QED) is 0.468.